The fraction of sp³-hybridized carbons (Fsp3) is 0.522. The SMILES string of the molecule is O=C(c1nc2sccn2c1CN1CCN(c2ccccn2)CC1)N1CCCCCCC1. The number of fused-ring (bicyclic) bond motifs is 1. The van der Waals surface area contributed by atoms with E-state index >= 15 is 0 Å². The van der Waals surface area contributed by atoms with Crippen LogP contribution in [0.5, 0.6) is 0 Å². The molecule has 3 aromatic rings. The third kappa shape index (κ3) is 4.45. The molecule has 2 fully saturated rings. The average Bonchev–Trinajstić information content (AvgIpc) is 3.37. The van der Waals surface area contributed by atoms with Crippen molar-refractivity contribution in [3.8, 4) is 0 Å². The lowest BCUT2D eigenvalue weighted by atomic mass is 10.1. The first kappa shape index (κ1) is 20.5. The lowest BCUT2D eigenvalue weighted by Crippen LogP contribution is -2.46. The molecule has 0 saturated carbocycles. The highest BCUT2D eigenvalue weighted by Gasteiger charge is 2.27. The molecule has 8 heteroatoms. The van der Waals surface area contributed by atoms with Gasteiger partial charge in [-0.15, -0.1) is 11.3 Å². The highest BCUT2D eigenvalue weighted by atomic mass is 32.1. The lowest BCUT2D eigenvalue weighted by molar-refractivity contribution is 0.0734. The lowest BCUT2D eigenvalue weighted by Gasteiger charge is -2.35. The first-order chi connectivity index (χ1) is 15.3. The summed E-state index contributed by atoms with van der Waals surface area (Å²) >= 11 is 1.60. The van der Waals surface area contributed by atoms with Crippen LogP contribution in [0.4, 0.5) is 5.82 Å². The summed E-state index contributed by atoms with van der Waals surface area (Å²) in [6.45, 7) is 6.24. The summed E-state index contributed by atoms with van der Waals surface area (Å²) < 4.78 is 2.12. The smallest absolute Gasteiger partial charge is 0.274 e. The second-order valence-corrected chi connectivity index (χ2v) is 9.35. The largest absolute Gasteiger partial charge is 0.354 e. The molecule has 2 aliphatic rings. The average molecular weight is 439 g/mol. The van der Waals surface area contributed by atoms with Crippen LogP contribution in [0.25, 0.3) is 4.96 Å². The van der Waals surface area contributed by atoms with E-state index in [1.807, 2.05) is 23.2 Å². The van der Waals surface area contributed by atoms with Crippen molar-refractivity contribution in [3.63, 3.8) is 0 Å². The van der Waals surface area contributed by atoms with Gasteiger partial charge in [0.25, 0.3) is 5.91 Å². The number of anilines is 1. The number of hydrogen-bond donors (Lipinski definition) is 0. The van der Waals surface area contributed by atoms with Gasteiger partial charge in [0.15, 0.2) is 10.7 Å². The maximum atomic E-state index is 13.5. The molecular weight excluding hydrogens is 408 g/mol. The van der Waals surface area contributed by atoms with Gasteiger partial charge in [0.1, 0.15) is 5.82 Å². The number of rotatable bonds is 4. The number of carbonyl (C=O) groups excluding carboxylic acids is 1. The third-order valence-electron chi connectivity index (χ3n) is 6.43. The summed E-state index contributed by atoms with van der Waals surface area (Å²) in [5, 5.41) is 2.05. The van der Waals surface area contributed by atoms with Crippen LogP contribution in [-0.4, -0.2) is 69.3 Å². The van der Waals surface area contributed by atoms with Gasteiger partial charge < -0.3 is 9.80 Å². The van der Waals surface area contributed by atoms with Crippen molar-refractivity contribution in [2.75, 3.05) is 44.2 Å². The molecule has 0 aromatic carbocycles. The van der Waals surface area contributed by atoms with E-state index in [9.17, 15) is 4.79 Å². The molecule has 5 rings (SSSR count). The maximum Gasteiger partial charge on any atom is 0.274 e. The van der Waals surface area contributed by atoms with Crippen LogP contribution < -0.4 is 4.90 Å². The van der Waals surface area contributed by atoms with Crippen LogP contribution >= 0.6 is 11.3 Å². The van der Waals surface area contributed by atoms with Crippen LogP contribution in [0.15, 0.2) is 36.0 Å². The molecule has 0 radical (unpaired) electrons. The quantitative estimate of drug-likeness (QED) is 0.624. The molecule has 5 heterocycles. The van der Waals surface area contributed by atoms with Gasteiger partial charge in [-0.2, -0.15) is 0 Å². The monoisotopic (exact) mass is 438 g/mol. The molecule has 164 valence electrons. The molecular formula is C23H30N6OS. The Balaban J connectivity index is 1.31. The first-order valence-electron chi connectivity index (χ1n) is 11.4. The minimum atomic E-state index is 0.111. The van der Waals surface area contributed by atoms with Gasteiger partial charge in [-0.25, -0.2) is 9.97 Å². The zero-order valence-electron chi connectivity index (χ0n) is 17.9. The summed E-state index contributed by atoms with van der Waals surface area (Å²) in [6.07, 6.45) is 9.82. The minimum Gasteiger partial charge on any atom is -0.354 e. The Morgan fingerprint density at radius 1 is 0.968 bits per heavy atom. The highest BCUT2D eigenvalue weighted by molar-refractivity contribution is 7.15. The number of carbonyl (C=O) groups is 1. The number of thiazole rings is 1. The number of piperazine rings is 1. The van der Waals surface area contributed by atoms with E-state index < -0.39 is 0 Å². The number of aromatic nitrogens is 3. The summed E-state index contributed by atoms with van der Waals surface area (Å²) in [4.78, 5) is 30.4. The van der Waals surface area contributed by atoms with Crippen LogP contribution in [0.3, 0.4) is 0 Å². The van der Waals surface area contributed by atoms with Gasteiger partial charge in [-0.1, -0.05) is 25.3 Å². The molecule has 0 atom stereocenters. The van der Waals surface area contributed by atoms with E-state index in [1.165, 1.54) is 19.3 Å². The van der Waals surface area contributed by atoms with E-state index in [-0.39, 0.29) is 5.91 Å². The van der Waals surface area contributed by atoms with Gasteiger partial charge in [0, 0.05) is 63.6 Å². The highest BCUT2D eigenvalue weighted by Crippen LogP contribution is 2.23. The second kappa shape index (κ2) is 9.36. The maximum absolute atomic E-state index is 13.5. The number of pyridine rings is 1. The Morgan fingerprint density at radius 2 is 1.74 bits per heavy atom. The molecule has 1 amide bonds. The third-order valence-corrected chi connectivity index (χ3v) is 7.18. The van der Waals surface area contributed by atoms with Gasteiger partial charge in [-0.05, 0) is 25.0 Å². The van der Waals surface area contributed by atoms with E-state index in [0.717, 1.165) is 75.1 Å². The molecule has 7 nitrogen and oxygen atoms in total. The standard InChI is InChI=1S/C23H30N6OS/c30-22(28-10-6-2-1-3-7-11-28)21-19(29-16-17-31-23(29)25-21)18-26-12-14-27(15-13-26)20-8-4-5-9-24-20/h4-5,8-9,16-17H,1-3,6-7,10-15,18H2. The molecule has 2 saturated heterocycles. The Labute approximate surface area is 187 Å². The molecule has 0 aliphatic carbocycles. The van der Waals surface area contributed by atoms with Crippen molar-refractivity contribution in [3.05, 3.63) is 47.4 Å². The molecule has 0 N–H and O–H groups in total. The fourth-order valence-corrected chi connectivity index (χ4v) is 5.38. The minimum absolute atomic E-state index is 0.111. The van der Waals surface area contributed by atoms with Gasteiger partial charge in [0.2, 0.25) is 0 Å². The molecule has 0 spiro atoms. The Morgan fingerprint density at radius 3 is 2.48 bits per heavy atom. The van der Waals surface area contributed by atoms with E-state index in [2.05, 4.69) is 36.8 Å². The van der Waals surface area contributed by atoms with E-state index in [4.69, 9.17) is 4.98 Å². The molecule has 2 aliphatic heterocycles. The predicted molar refractivity (Wildman–Crippen MR) is 124 cm³/mol. The number of nitrogens with zero attached hydrogens (tertiary/aromatic N) is 6. The second-order valence-electron chi connectivity index (χ2n) is 8.47. The Bertz CT molecular complexity index is 1000. The van der Waals surface area contributed by atoms with E-state index in [1.54, 1.807) is 11.3 Å². The summed E-state index contributed by atoms with van der Waals surface area (Å²) in [6, 6.07) is 6.06. The molecule has 3 aromatic heterocycles. The summed E-state index contributed by atoms with van der Waals surface area (Å²) in [5.74, 6) is 1.15. The van der Waals surface area contributed by atoms with Crippen molar-refractivity contribution in [2.24, 2.45) is 0 Å². The van der Waals surface area contributed by atoms with Crippen LogP contribution in [0, 0.1) is 0 Å². The molecule has 31 heavy (non-hydrogen) atoms. The van der Waals surface area contributed by atoms with Crippen molar-refractivity contribution < 1.29 is 4.79 Å². The van der Waals surface area contributed by atoms with Gasteiger partial charge in [0.05, 0.1) is 5.69 Å². The van der Waals surface area contributed by atoms with Crippen molar-refractivity contribution >= 4 is 28.0 Å². The summed E-state index contributed by atoms with van der Waals surface area (Å²) in [7, 11) is 0. The zero-order valence-corrected chi connectivity index (χ0v) is 18.8. The van der Waals surface area contributed by atoms with Gasteiger partial charge >= 0.3 is 0 Å². The fourth-order valence-electron chi connectivity index (χ4n) is 4.64. The number of imidazole rings is 1. The van der Waals surface area contributed by atoms with Gasteiger partial charge in [-0.3, -0.25) is 14.1 Å². The topological polar surface area (TPSA) is 57.0 Å². The molecule has 0 unspecified atom stereocenters. The van der Waals surface area contributed by atoms with Crippen molar-refractivity contribution in [2.45, 2.75) is 38.6 Å². The normalized spacial score (nSPS) is 18.8. The number of likely N-dealkylation sites (tertiary alicyclic amines) is 1. The summed E-state index contributed by atoms with van der Waals surface area (Å²) in [5.41, 5.74) is 1.69. The Kier molecular flexibility index (Phi) is 6.18. The molecule has 0 bridgehead atoms. The van der Waals surface area contributed by atoms with Crippen molar-refractivity contribution in [1.29, 1.82) is 0 Å². The van der Waals surface area contributed by atoms with Crippen LogP contribution in [-0.2, 0) is 6.54 Å². The Hall–Kier alpha value is -2.45. The predicted octanol–water partition coefficient (Wildman–Crippen LogP) is 3.52. The van der Waals surface area contributed by atoms with Crippen LogP contribution in [0.2, 0.25) is 0 Å². The van der Waals surface area contributed by atoms with E-state index in [0.29, 0.717) is 5.69 Å². The van der Waals surface area contributed by atoms with Crippen LogP contribution in [0.1, 0.15) is 48.3 Å². The van der Waals surface area contributed by atoms with Crippen molar-refractivity contribution in [1.82, 2.24) is 24.2 Å². The number of amides is 1. The zero-order chi connectivity index (χ0) is 21.0. The number of hydrogen-bond acceptors (Lipinski definition) is 6. The first-order valence-corrected chi connectivity index (χ1v) is 12.3.